The number of hydrogen-bond acceptors (Lipinski definition) is 4. The quantitative estimate of drug-likeness (QED) is 0.779. The summed E-state index contributed by atoms with van der Waals surface area (Å²) in [5.41, 5.74) is 1.46. The maximum Gasteiger partial charge on any atom is 0.274 e. The molecule has 1 aliphatic carbocycles. The molecule has 154 valence electrons. The second kappa shape index (κ2) is 8.19. The third kappa shape index (κ3) is 4.04. The van der Waals surface area contributed by atoms with Gasteiger partial charge < -0.3 is 14.5 Å². The van der Waals surface area contributed by atoms with Crippen molar-refractivity contribution < 1.29 is 9.53 Å². The molecule has 0 bridgehead atoms. The Hall–Kier alpha value is -2.34. The average molecular weight is 395 g/mol. The summed E-state index contributed by atoms with van der Waals surface area (Å²) < 4.78 is 7.99. The van der Waals surface area contributed by atoms with Gasteiger partial charge in [0.15, 0.2) is 5.69 Å². The van der Waals surface area contributed by atoms with Crippen molar-refractivity contribution in [1.82, 2.24) is 19.6 Å². The van der Waals surface area contributed by atoms with E-state index in [1.54, 1.807) is 10.7 Å². The van der Waals surface area contributed by atoms with Gasteiger partial charge in [-0.3, -0.25) is 4.79 Å². The van der Waals surface area contributed by atoms with Crippen molar-refractivity contribution in [3.63, 3.8) is 0 Å². The fourth-order valence-corrected chi connectivity index (χ4v) is 4.64. The Morgan fingerprint density at radius 2 is 1.62 bits per heavy atom. The van der Waals surface area contributed by atoms with Crippen LogP contribution in [0.4, 0.5) is 0 Å². The fraction of sp³-hybridized carbons (Fsp3) is 0.565. The van der Waals surface area contributed by atoms with Gasteiger partial charge in [-0.2, -0.15) is 5.10 Å². The molecule has 2 saturated heterocycles. The van der Waals surface area contributed by atoms with Crippen molar-refractivity contribution in [2.75, 3.05) is 26.2 Å². The zero-order valence-electron chi connectivity index (χ0n) is 17.0. The average Bonchev–Trinajstić information content (AvgIpc) is 3.41. The van der Waals surface area contributed by atoms with Crippen LogP contribution in [0.15, 0.2) is 36.5 Å². The van der Waals surface area contributed by atoms with E-state index in [-0.39, 0.29) is 5.91 Å². The van der Waals surface area contributed by atoms with E-state index in [9.17, 15) is 4.79 Å². The Morgan fingerprint density at radius 3 is 2.28 bits per heavy atom. The molecular formula is C23H30N4O2. The number of ether oxygens (including phenoxy) is 1. The lowest BCUT2D eigenvalue weighted by Crippen LogP contribution is -2.46. The number of likely N-dealkylation sites (tertiary alicyclic amines) is 2. The predicted octanol–water partition coefficient (Wildman–Crippen LogP) is 3.50. The molecule has 0 unspecified atom stereocenters. The summed E-state index contributed by atoms with van der Waals surface area (Å²) >= 11 is 0. The fourth-order valence-electron chi connectivity index (χ4n) is 4.64. The van der Waals surface area contributed by atoms with Gasteiger partial charge in [-0.15, -0.1) is 0 Å². The van der Waals surface area contributed by atoms with Crippen LogP contribution in [0.3, 0.4) is 0 Å². The number of rotatable bonds is 5. The Labute approximate surface area is 172 Å². The largest absolute Gasteiger partial charge is 0.490 e. The molecule has 6 nitrogen and oxygen atoms in total. The van der Waals surface area contributed by atoms with Gasteiger partial charge in [0.25, 0.3) is 5.91 Å². The minimum absolute atomic E-state index is 0.0365. The molecule has 2 aromatic rings. The first-order chi connectivity index (χ1) is 14.3. The molecule has 3 fully saturated rings. The summed E-state index contributed by atoms with van der Waals surface area (Å²) in [6.45, 7) is 4.01. The van der Waals surface area contributed by atoms with E-state index in [2.05, 4.69) is 10.00 Å². The molecule has 1 aromatic heterocycles. The summed E-state index contributed by atoms with van der Waals surface area (Å²) in [5.74, 6) is 0.950. The Balaban J connectivity index is 1.17. The molecule has 3 aliphatic rings. The summed E-state index contributed by atoms with van der Waals surface area (Å²) in [5, 5.41) is 4.49. The number of nitrogens with zero attached hydrogens (tertiary/aromatic N) is 4. The second-order valence-corrected chi connectivity index (χ2v) is 8.58. The highest BCUT2D eigenvalue weighted by molar-refractivity contribution is 5.92. The number of carbonyl (C=O) groups is 1. The molecule has 0 radical (unpaired) electrons. The molecule has 2 aliphatic heterocycles. The van der Waals surface area contributed by atoms with Crippen LogP contribution < -0.4 is 4.74 Å². The van der Waals surface area contributed by atoms with Crippen LogP contribution in [-0.4, -0.2) is 63.8 Å². The second-order valence-electron chi connectivity index (χ2n) is 8.58. The van der Waals surface area contributed by atoms with E-state index in [0.717, 1.165) is 69.3 Å². The molecule has 1 saturated carbocycles. The minimum atomic E-state index is 0.0365. The number of carbonyl (C=O) groups excluding carboxylic acids is 1. The first kappa shape index (κ1) is 18.7. The van der Waals surface area contributed by atoms with Crippen LogP contribution in [0.5, 0.6) is 5.75 Å². The summed E-state index contributed by atoms with van der Waals surface area (Å²) in [7, 11) is 0. The summed E-state index contributed by atoms with van der Waals surface area (Å²) in [6.07, 6.45) is 10.7. The van der Waals surface area contributed by atoms with Crippen molar-refractivity contribution in [3.8, 4) is 11.4 Å². The number of piperidine rings is 1. The highest BCUT2D eigenvalue weighted by atomic mass is 16.5. The predicted molar refractivity (Wildman–Crippen MR) is 112 cm³/mol. The summed E-state index contributed by atoms with van der Waals surface area (Å²) in [6, 6.07) is 10.7. The van der Waals surface area contributed by atoms with Gasteiger partial charge in [-0.25, -0.2) is 4.68 Å². The number of aromatic nitrogens is 2. The highest BCUT2D eigenvalue weighted by Crippen LogP contribution is 2.28. The van der Waals surface area contributed by atoms with Crippen LogP contribution in [0, 0.1) is 0 Å². The molecule has 1 aromatic carbocycles. The van der Waals surface area contributed by atoms with E-state index in [1.807, 2.05) is 35.4 Å². The Morgan fingerprint density at radius 1 is 0.897 bits per heavy atom. The van der Waals surface area contributed by atoms with Gasteiger partial charge in [0, 0.05) is 38.4 Å². The standard InChI is InChI=1S/C23H30N4O2/c28-23(26-13-1-2-14-26)22-12-17-27(24-22)19-6-8-20(9-7-19)29-21-10-15-25(16-11-21)18-4-3-5-18/h6-9,12,17-18,21H,1-5,10-11,13-16H2. The smallest absolute Gasteiger partial charge is 0.274 e. The third-order valence-electron chi connectivity index (χ3n) is 6.67. The van der Waals surface area contributed by atoms with Crippen molar-refractivity contribution >= 4 is 5.91 Å². The topological polar surface area (TPSA) is 50.6 Å². The molecule has 0 atom stereocenters. The van der Waals surface area contributed by atoms with Crippen molar-refractivity contribution in [2.24, 2.45) is 0 Å². The third-order valence-corrected chi connectivity index (χ3v) is 6.67. The van der Waals surface area contributed by atoms with Crippen LogP contribution in [0.2, 0.25) is 0 Å². The normalized spacial score (nSPS) is 21.3. The Bertz CT molecular complexity index is 829. The van der Waals surface area contributed by atoms with Gasteiger partial charge in [-0.1, -0.05) is 6.42 Å². The molecule has 3 heterocycles. The molecule has 6 heteroatoms. The molecule has 0 spiro atoms. The van der Waals surface area contributed by atoms with Crippen LogP contribution in [0.25, 0.3) is 5.69 Å². The zero-order valence-corrected chi connectivity index (χ0v) is 17.0. The molecule has 0 N–H and O–H groups in total. The maximum absolute atomic E-state index is 12.5. The zero-order chi connectivity index (χ0) is 19.6. The van der Waals surface area contributed by atoms with Crippen molar-refractivity contribution in [3.05, 3.63) is 42.2 Å². The lowest BCUT2D eigenvalue weighted by molar-refractivity contribution is 0.0493. The maximum atomic E-state index is 12.5. The monoisotopic (exact) mass is 394 g/mol. The molecule has 5 rings (SSSR count). The first-order valence-electron chi connectivity index (χ1n) is 11.1. The van der Waals surface area contributed by atoms with Gasteiger partial charge in [0.2, 0.25) is 0 Å². The highest BCUT2D eigenvalue weighted by Gasteiger charge is 2.29. The number of benzene rings is 1. The van der Waals surface area contributed by atoms with Crippen LogP contribution >= 0.6 is 0 Å². The first-order valence-corrected chi connectivity index (χ1v) is 11.1. The van der Waals surface area contributed by atoms with E-state index in [4.69, 9.17) is 4.74 Å². The SMILES string of the molecule is O=C(c1ccn(-c2ccc(OC3CCN(C4CCC4)CC3)cc2)n1)N1CCCC1. The lowest BCUT2D eigenvalue weighted by Gasteiger charge is -2.41. The number of amides is 1. The summed E-state index contributed by atoms with van der Waals surface area (Å²) in [4.78, 5) is 17.0. The van der Waals surface area contributed by atoms with Gasteiger partial charge in [0.1, 0.15) is 11.9 Å². The minimum Gasteiger partial charge on any atom is -0.490 e. The van der Waals surface area contributed by atoms with Crippen molar-refractivity contribution in [1.29, 1.82) is 0 Å². The number of hydrogen-bond donors (Lipinski definition) is 0. The lowest BCUT2D eigenvalue weighted by atomic mass is 9.90. The van der Waals surface area contributed by atoms with Crippen molar-refractivity contribution in [2.45, 2.75) is 57.1 Å². The molecular weight excluding hydrogens is 364 g/mol. The van der Waals surface area contributed by atoms with Gasteiger partial charge in [-0.05, 0) is 68.9 Å². The van der Waals surface area contributed by atoms with E-state index in [0.29, 0.717) is 11.8 Å². The van der Waals surface area contributed by atoms with Gasteiger partial charge in [0.05, 0.1) is 5.69 Å². The van der Waals surface area contributed by atoms with E-state index in [1.165, 1.54) is 19.3 Å². The van der Waals surface area contributed by atoms with Crippen LogP contribution in [-0.2, 0) is 0 Å². The van der Waals surface area contributed by atoms with E-state index >= 15 is 0 Å². The Kier molecular flexibility index (Phi) is 5.27. The van der Waals surface area contributed by atoms with Gasteiger partial charge >= 0.3 is 0 Å². The molecule has 29 heavy (non-hydrogen) atoms. The van der Waals surface area contributed by atoms with E-state index < -0.39 is 0 Å². The van der Waals surface area contributed by atoms with Crippen LogP contribution in [0.1, 0.15) is 55.4 Å². The molecule has 1 amide bonds.